The number of amides is 1. The van der Waals surface area contributed by atoms with Gasteiger partial charge in [0.2, 0.25) is 5.91 Å². The molecule has 3 rings (SSSR count). The van der Waals surface area contributed by atoms with E-state index in [1.165, 1.54) is 11.6 Å². The number of nitrogens with one attached hydrogen (secondary N) is 2. The summed E-state index contributed by atoms with van der Waals surface area (Å²) < 4.78 is 5.13. The van der Waals surface area contributed by atoms with Gasteiger partial charge in [-0.1, -0.05) is 6.07 Å². The fourth-order valence-electron chi connectivity index (χ4n) is 2.27. The Morgan fingerprint density at radius 3 is 3.05 bits per heavy atom. The van der Waals surface area contributed by atoms with Crippen LogP contribution in [0.3, 0.4) is 0 Å². The highest BCUT2D eigenvalue weighted by molar-refractivity contribution is 6.02. The minimum atomic E-state index is -0.169. The molecule has 1 aromatic carbocycles. The Morgan fingerprint density at radius 2 is 2.24 bits per heavy atom. The van der Waals surface area contributed by atoms with Crippen LogP contribution in [-0.2, 0) is 11.2 Å². The van der Waals surface area contributed by atoms with Gasteiger partial charge in [-0.2, -0.15) is 0 Å². The number of hydrogen-bond donors (Lipinski definition) is 2. The van der Waals surface area contributed by atoms with Crippen LogP contribution < -0.4 is 10.6 Å². The summed E-state index contributed by atoms with van der Waals surface area (Å²) in [7, 11) is 0. The first-order valence-corrected chi connectivity index (χ1v) is 6.71. The maximum atomic E-state index is 11.8. The van der Waals surface area contributed by atoms with Gasteiger partial charge < -0.3 is 15.1 Å². The maximum Gasteiger partial charge on any atom is 0.248 e. The van der Waals surface area contributed by atoms with Gasteiger partial charge in [0.1, 0.15) is 5.76 Å². The monoisotopic (exact) mass is 304 g/mol. The van der Waals surface area contributed by atoms with E-state index in [0.29, 0.717) is 5.76 Å². The summed E-state index contributed by atoms with van der Waals surface area (Å²) in [6, 6.07) is 9.56. The van der Waals surface area contributed by atoms with Crippen molar-refractivity contribution in [2.24, 2.45) is 0 Å². The van der Waals surface area contributed by atoms with Crippen molar-refractivity contribution in [2.45, 2.75) is 12.8 Å². The van der Waals surface area contributed by atoms with Crippen LogP contribution in [0.4, 0.5) is 11.4 Å². The third-order valence-electron chi connectivity index (χ3n) is 3.26. The van der Waals surface area contributed by atoms with Gasteiger partial charge in [-0.25, -0.2) is 0 Å². The van der Waals surface area contributed by atoms with Crippen LogP contribution in [-0.4, -0.2) is 12.5 Å². The Kier molecular flexibility index (Phi) is 5.06. The molecular formula is C16H17ClN2O2. The van der Waals surface area contributed by atoms with Crippen molar-refractivity contribution in [3.05, 3.63) is 54.0 Å². The van der Waals surface area contributed by atoms with E-state index < -0.39 is 0 Å². The van der Waals surface area contributed by atoms with Gasteiger partial charge in [-0.3, -0.25) is 4.79 Å². The van der Waals surface area contributed by atoms with Crippen molar-refractivity contribution < 1.29 is 9.21 Å². The number of halogens is 1. The standard InChI is InChI=1S/C16H16N2O2.ClH/c19-16(8-7-14-4-2-10-20-14)18-13-6-5-12-3-1-9-17-15(12)11-13;/h2,4-8,10-11,17H,1,3,9H2,(H,18,19);1H/b8-7+;. The van der Waals surface area contributed by atoms with Crippen LogP contribution in [0, 0.1) is 0 Å². The van der Waals surface area contributed by atoms with Crippen molar-refractivity contribution in [1.29, 1.82) is 0 Å². The predicted octanol–water partition coefficient (Wildman–Crippen LogP) is 3.71. The molecule has 0 saturated carbocycles. The van der Waals surface area contributed by atoms with E-state index in [1.54, 1.807) is 24.5 Å². The van der Waals surface area contributed by atoms with Crippen molar-refractivity contribution >= 4 is 35.8 Å². The molecule has 0 aliphatic carbocycles. The van der Waals surface area contributed by atoms with Gasteiger partial charge in [0, 0.05) is 24.0 Å². The van der Waals surface area contributed by atoms with Crippen LogP contribution >= 0.6 is 12.4 Å². The van der Waals surface area contributed by atoms with E-state index in [2.05, 4.69) is 16.7 Å². The molecular weight excluding hydrogens is 288 g/mol. The molecule has 0 fully saturated rings. The highest BCUT2D eigenvalue weighted by Gasteiger charge is 2.09. The molecule has 0 unspecified atom stereocenters. The SMILES string of the molecule is Cl.O=C(/C=C/c1ccco1)Nc1ccc2c(c1)NCCC2. The van der Waals surface area contributed by atoms with Crippen molar-refractivity contribution in [3.8, 4) is 0 Å². The Hall–Kier alpha value is -2.20. The quantitative estimate of drug-likeness (QED) is 0.850. The average molecular weight is 305 g/mol. The number of carbonyl (C=O) groups is 1. The van der Waals surface area contributed by atoms with Crippen LogP contribution in [0.5, 0.6) is 0 Å². The molecule has 0 atom stereocenters. The third-order valence-corrected chi connectivity index (χ3v) is 3.26. The minimum Gasteiger partial charge on any atom is -0.465 e. The summed E-state index contributed by atoms with van der Waals surface area (Å²) >= 11 is 0. The number of furan rings is 1. The molecule has 0 radical (unpaired) electrons. The second kappa shape index (κ2) is 6.99. The lowest BCUT2D eigenvalue weighted by atomic mass is 10.0. The topological polar surface area (TPSA) is 54.3 Å². The van der Waals surface area contributed by atoms with Crippen LogP contribution in [0.25, 0.3) is 6.08 Å². The fraction of sp³-hybridized carbons (Fsp3) is 0.188. The predicted molar refractivity (Wildman–Crippen MR) is 86.9 cm³/mol. The number of aryl methyl sites for hydroxylation is 1. The minimum absolute atomic E-state index is 0. The zero-order valence-electron chi connectivity index (χ0n) is 11.5. The van der Waals surface area contributed by atoms with Crippen LogP contribution in [0.15, 0.2) is 47.1 Å². The lowest BCUT2D eigenvalue weighted by Crippen LogP contribution is -2.13. The lowest BCUT2D eigenvalue weighted by Gasteiger charge is -2.18. The smallest absolute Gasteiger partial charge is 0.248 e. The van der Waals surface area contributed by atoms with Crippen molar-refractivity contribution in [3.63, 3.8) is 0 Å². The first kappa shape index (κ1) is 15.2. The first-order chi connectivity index (χ1) is 9.81. The second-order valence-corrected chi connectivity index (χ2v) is 4.74. The molecule has 2 N–H and O–H groups in total. The Bertz CT molecular complexity index is 636. The first-order valence-electron chi connectivity index (χ1n) is 6.71. The molecule has 1 amide bonds. The molecule has 0 bridgehead atoms. The summed E-state index contributed by atoms with van der Waals surface area (Å²) in [5, 5.41) is 6.19. The summed E-state index contributed by atoms with van der Waals surface area (Å²) in [6.45, 7) is 0.989. The number of benzene rings is 1. The highest BCUT2D eigenvalue weighted by atomic mass is 35.5. The van der Waals surface area contributed by atoms with Crippen LogP contribution in [0.1, 0.15) is 17.7 Å². The Balaban J connectivity index is 0.00000161. The van der Waals surface area contributed by atoms with E-state index >= 15 is 0 Å². The zero-order valence-corrected chi connectivity index (χ0v) is 12.3. The number of fused-ring (bicyclic) bond motifs is 1. The summed E-state index contributed by atoms with van der Waals surface area (Å²) in [6.07, 6.45) is 6.93. The fourth-order valence-corrected chi connectivity index (χ4v) is 2.27. The molecule has 1 aliphatic rings. The van der Waals surface area contributed by atoms with Gasteiger partial charge in [0.15, 0.2) is 0 Å². The summed E-state index contributed by atoms with van der Waals surface area (Å²) in [5.41, 5.74) is 3.22. The summed E-state index contributed by atoms with van der Waals surface area (Å²) in [4.78, 5) is 11.8. The van der Waals surface area contributed by atoms with E-state index in [-0.39, 0.29) is 18.3 Å². The number of rotatable bonds is 3. The van der Waals surface area contributed by atoms with Crippen molar-refractivity contribution in [1.82, 2.24) is 0 Å². The molecule has 21 heavy (non-hydrogen) atoms. The van der Waals surface area contributed by atoms with E-state index in [4.69, 9.17) is 4.42 Å². The molecule has 110 valence electrons. The Labute approximate surface area is 129 Å². The number of carbonyl (C=O) groups excluding carboxylic acids is 1. The maximum absolute atomic E-state index is 11.8. The van der Waals surface area contributed by atoms with Gasteiger partial charge in [0.05, 0.1) is 6.26 Å². The lowest BCUT2D eigenvalue weighted by molar-refractivity contribution is -0.111. The molecule has 0 spiro atoms. The molecule has 2 heterocycles. The number of anilines is 2. The van der Waals surface area contributed by atoms with Crippen molar-refractivity contribution in [2.75, 3.05) is 17.2 Å². The zero-order chi connectivity index (χ0) is 13.8. The summed E-state index contributed by atoms with van der Waals surface area (Å²) in [5.74, 6) is 0.490. The van der Waals surface area contributed by atoms with Crippen LogP contribution in [0.2, 0.25) is 0 Å². The second-order valence-electron chi connectivity index (χ2n) is 4.74. The normalized spacial score (nSPS) is 13.1. The molecule has 4 nitrogen and oxygen atoms in total. The highest BCUT2D eigenvalue weighted by Crippen LogP contribution is 2.25. The largest absolute Gasteiger partial charge is 0.465 e. The molecule has 0 saturated heterocycles. The molecule has 2 aromatic rings. The molecule has 1 aliphatic heterocycles. The van der Waals surface area contributed by atoms with Gasteiger partial charge in [0.25, 0.3) is 0 Å². The van der Waals surface area contributed by atoms with Gasteiger partial charge >= 0.3 is 0 Å². The molecule has 1 aromatic heterocycles. The van der Waals surface area contributed by atoms with E-state index in [9.17, 15) is 4.79 Å². The Morgan fingerprint density at radius 1 is 1.33 bits per heavy atom. The van der Waals surface area contributed by atoms with Gasteiger partial charge in [-0.05, 0) is 48.7 Å². The van der Waals surface area contributed by atoms with E-state index in [0.717, 1.165) is 30.8 Å². The van der Waals surface area contributed by atoms with E-state index in [1.807, 2.05) is 12.1 Å². The third kappa shape index (κ3) is 3.89. The number of hydrogen-bond acceptors (Lipinski definition) is 3. The molecule has 5 heteroatoms. The average Bonchev–Trinajstić information content (AvgIpc) is 2.98. The van der Waals surface area contributed by atoms with Gasteiger partial charge in [-0.15, -0.1) is 12.4 Å².